The smallest absolute Gasteiger partial charge is 0.254 e. The van der Waals surface area contributed by atoms with E-state index in [0.717, 1.165) is 25.2 Å². The minimum atomic E-state index is -2.85. The molecule has 1 N–H and O–H groups in total. The van der Waals surface area contributed by atoms with E-state index in [1.807, 2.05) is 41.4 Å². The fourth-order valence-corrected chi connectivity index (χ4v) is 5.71. The van der Waals surface area contributed by atoms with Crippen LogP contribution in [0.4, 0.5) is 0 Å². The summed E-state index contributed by atoms with van der Waals surface area (Å²) < 4.78 is 25.1. The van der Waals surface area contributed by atoms with E-state index in [1.165, 1.54) is 4.90 Å². The van der Waals surface area contributed by atoms with Gasteiger partial charge in [-0.15, -0.1) is 0 Å². The lowest BCUT2D eigenvalue weighted by Gasteiger charge is -2.35. The Balaban J connectivity index is 1.36. The summed E-state index contributed by atoms with van der Waals surface area (Å²) in [5.74, 6) is 0.646. The van der Waals surface area contributed by atoms with E-state index in [9.17, 15) is 13.2 Å². The molecular formula is C18H23N4O3S+. The molecule has 0 saturated carbocycles. The number of carbonyl (C=O) groups is 1. The minimum absolute atomic E-state index is 0.0371. The Bertz CT molecular complexity index is 870. The van der Waals surface area contributed by atoms with Crippen molar-refractivity contribution in [3.05, 3.63) is 48.3 Å². The molecule has 2 saturated heterocycles. The molecule has 0 bridgehead atoms. The average Bonchev–Trinajstić information content (AvgIpc) is 3.31. The summed E-state index contributed by atoms with van der Waals surface area (Å²) in [6.45, 7) is 2.98. The van der Waals surface area contributed by atoms with Crippen LogP contribution < -0.4 is 4.90 Å². The number of benzene rings is 1. The number of quaternary nitrogens is 1. The average molecular weight is 375 g/mol. The summed E-state index contributed by atoms with van der Waals surface area (Å²) in [6, 6.07) is 9.52. The van der Waals surface area contributed by atoms with E-state index in [2.05, 4.69) is 5.10 Å². The molecule has 1 atom stereocenters. The van der Waals surface area contributed by atoms with Gasteiger partial charge in [-0.3, -0.25) is 4.79 Å². The first-order chi connectivity index (χ1) is 12.5. The van der Waals surface area contributed by atoms with Crippen LogP contribution in [0.5, 0.6) is 0 Å². The van der Waals surface area contributed by atoms with E-state index >= 15 is 0 Å². The Kier molecular flexibility index (Phi) is 4.54. The Labute approximate surface area is 153 Å². The highest BCUT2D eigenvalue weighted by molar-refractivity contribution is 7.91. The number of hydrogen-bond donors (Lipinski definition) is 1. The second-order valence-corrected chi connectivity index (χ2v) is 9.28. The Hall–Kier alpha value is -2.19. The maximum absolute atomic E-state index is 12.7. The molecule has 8 heteroatoms. The monoisotopic (exact) mass is 375 g/mol. The number of piperazine rings is 1. The third-order valence-corrected chi connectivity index (χ3v) is 7.15. The molecule has 0 spiro atoms. The van der Waals surface area contributed by atoms with Crippen LogP contribution in [-0.2, 0) is 9.84 Å². The molecule has 26 heavy (non-hydrogen) atoms. The third kappa shape index (κ3) is 3.52. The number of nitrogens with one attached hydrogen (secondary N) is 1. The van der Waals surface area contributed by atoms with Gasteiger partial charge >= 0.3 is 0 Å². The number of hydrogen-bond acceptors (Lipinski definition) is 4. The first-order valence-corrected chi connectivity index (χ1v) is 10.8. The fourth-order valence-electron chi connectivity index (χ4n) is 3.88. The number of sulfone groups is 1. The second-order valence-electron chi connectivity index (χ2n) is 7.05. The zero-order chi connectivity index (χ0) is 18.1. The van der Waals surface area contributed by atoms with Crippen LogP contribution in [0, 0.1) is 0 Å². The molecule has 2 aliphatic heterocycles. The summed E-state index contributed by atoms with van der Waals surface area (Å²) in [5, 5.41) is 4.18. The standard InChI is InChI=1S/C18H22N4O3S/c23-18(15-2-4-16(5-3-15)22-8-1-7-19-22)21-11-9-20(10-12-21)17-6-13-26(24,25)14-17/h1-5,7-8,17H,6,9-14H2/p+1/t17-/m0/s1. The lowest BCUT2D eigenvalue weighted by Crippen LogP contribution is -3.18. The van der Waals surface area contributed by atoms with Crippen molar-refractivity contribution < 1.29 is 18.1 Å². The number of aromatic nitrogens is 2. The molecule has 4 rings (SSSR count). The van der Waals surface area contributed by atoms with Crippen LogP contribution in [0.1, 0.15) is 16.8 Å². The van der Waals surface area contributed by atoms with Crippen LogP contribution in [0.2, 0.25) is 0 Å². The highest BCUT2D eigenvalue weighted by atomic mass is 32.2. The van der Waals surface area contributed by atoms with E-state index in [1.54, 1.807) is 10.9 Å². The van der Waals surface area contributed by atoms with Crippen LogP contribution in [0.25, 0.3) is 5.69 Å². The summed E-state index contributed by atoms with van der Waals surface area (Å²) in [7, 11) is -2.85. The van der Waals surface area contributed by atoms with Gasteiger partial charge < -0.3 is 9.80 Å². The summed E-state index contributed by atoms with van der Waals surface area (Å²) in [6.07, 6.45) is 4.33. The van der Waals surface area contributed by atoms with E-state index in [-0.39, 0.29) is 11.9 Å². The van der Waals surface area contributed by atoms with Gasteiger partial charge in [0.05, 0.1) is 37.6 Å². The molecule has 2 aromatic rings. The van der Waals surface area contributed by atoms with Crippen LogP contribution in [0.15, 0.2) is 42.7 Å². The largest absolute Gasteiger partial charge is 0.329 e. The maximum Gasteiger partial charge on any atom is 0.254 e. The van der Waals surface area contributed by atoms with Gasteiger partial charge in [0.1, 0.15) is 11.8 Å². The maximum atomic E-state index is 12.7. The summed E-state index contributed by atoms with van der Waals surface area (Å²) >= 11 is 0. The lowest BCUT2D eigenvalue weighted by molar-refractivity contribution is -0.925. The molecule has 0 radical (unpaired) electrons. The van der Waals surface area contributed by atoms with Gasteiger partial charge in [-0.25, -0.2) is 13.1 Å². The predicted molar refractivity (Wildman–Crippen MR) is 97.2 cm³/mol. The van der Waals surface area contributed by atoms with Crippen molar-refractivity contribution in [3.8, 4) is 5.69 Å². The highest BCUT2D eigenvalue weighted by Crippen LogP contribution is 2.12. The number of amides is 1. The topological polar surface area (TPSA) is 76.7 Å². The fraction of sp³-hybridized carbons (Fsp3) is 0.444. The van der Waals surface area contributed by atoms with Crippen molar-refractivity contribution >= 4 is 15.7 Å². The van der Waals surface area contributed by atoms with Gasteiger partial charge in [-0.1, -0.05) is 0 Å². The SMILES string of the molecule is O=C(c1ccc(-n2cccn2)cc1)N1CC[NH+]([C@H]2CCS(=O)(=O)C2)CC1. The van der Waals surface area contributed by atoms with Crippen LogP contribution in [-0.4, -0.2) is 72.7 Å². The molecule has 1 aromatic heterocycles. The van der Waals surface area contributed by atoms with Gasteiger partial charge in [-0.05, 0) is 30.3 Å². The predicted octanol–water partition coefficient (Wildman–Crippen LogP) is -0.600. The summed E-state index contributed by atoms with van der Waals surface area (Å²) in [4.78, 5) is 15.9. The molecule has 1 amide bonds. The van der Waals surface area contributed by atoms with Crippen molar-refractivity contribution in [2.24, 2.45) is 0 Å². The van der Waals surface area contributed by atoms with Crippen molar-refractivity contribution in [2.45, 2.75) is 12.5 Å². The molecule has 2 aliphatic rings. The quantitative estimate of drug-likeness (QED) is 0.777. The van der Waals surface area contributed by atoms with Gasteiger partial charge in [0.15, 0.2) is 9.84 Å². The lowest BCUT2D eigenvalue weighted by atomic mass is 10.1. The number of rotatable bonds is 3. The van der Waals surface area contributed by atoms with E-state index < -0.39 is 9.84 Å². The minimum Gasteiger partial charge on any atom is -0.329 e. The van der Waals surface area contributed by atoms with Gasteiger partial charge in [-0.2, -0.15) is 5.10 Å². The van der Waals surface area contributed by atoms with Gasteiger partial charge in [0.2, 0.25) is 0 Å². The first kappa shape index (κ1) is 17.2. The Morgan fingerprint density at radius 3 is 2.46 bits per heavy atom. The summed E-state index contributed by atoms with van der Waals surface area (Å²) in [5.41, 5.74) is 1.59. The third-order valence-electron chi connectivity index (χ3n) is 5.39. The van der Waals surface area contributed by atoms with E-state index in [4.69, 9.17) is 0 Å². The zero-order valence-corrected chi connectivity index (χ0v) is 15.4. The second kappa shape index (κ2) is 6.85. The van der Waals surface area contributed by atoms with Crippen LogP contribution in [0.3, 0.4) is 0 Å². The number of carbonyl (C=O) groups excluding carboxylic acids is 1. The van der Waals surface area contributed by atoms with Crippen molar-refractivity contribution in [1.82, 2.24) is 14.7 Å². The molecule has 2 fully saturated rings. The van der Waals surface area contributed by atoms with Crippen LogP contribution >= 0.6 is 0 Å². The van der Waals surface area contributed by atoms with Gasteiger partial charge in [0.25, 0.3) is 5.91 Å². The van der Waals surface area contributed by atoms with E-state index in [0.29, 0.717) is 30.2 Å². The Morgan fingerprint density at radius 1 is 1.15 bits per heavy atom. The van der Waals surface area contributed by atoms with Crippen molar-refractivity contribution in [1.29, 1.82) is 0 Å². The normalized spacial score (nSPS) is 23.2. The van der Waals surface area contributed by atoms with Gasteiger partial charge in [0, 0.05) is 24.4 Å². The molecule has 138 valence electrons. The molecule has 3 heterocycles. The first-order valence-electron chi connectivity index (χ1n) is 8.96. The molecule has 1 aromatic carbocycles. The Morgan fingerprint density at radius 2 is 1.88 bits per heavy atom. The van der Waals surface area contributed by atoms with Crippen molar-refractivity contribution in [2.75, 3.05) is 37.7 Å². The number of nitrogens with zero attached hydrogens (tertiary/aromatic N) is 3. The molecule has 0 unspecified atom stereocenters. The molecular weight excluding hydrogens is 352 g/mol. The molecule has 7 nitrogen and oxygen atoms in total. The highest BCUT2D eigenvalue weighted by Gasteiger charge is 2.37. The van der Waals surface area contributed by atoms with Crippen molar-refractivity contribution in [3.63, 3.8) is 0 Å². The molecule has 0 aliphatic carbocycles. The zero-order valence-electron chi connectivity index (χ0n) is 14.5.